The van der Waals surface area contributed by atoms with Gasteiger partial charge in [-0.3, -0.25) is 0 Å². The predicted molar refractivity (Wildman–Crippen MR) is 117 cm³/mol. The second-order valence-corrected chi connectivity index (χ2v) is 11.0. The third kappa shape index (κ3) is 2.75. The zero-order valence-electron chi connectivity index (χ0n) is 18.2. The number of oxazole rings is 1. The summed E-state index contributed by atoms with van der Waals surface area (Å²) in [7, 11) is 0. The van der Waals surface area contributed by atoms with Crippen LogP contribution >= 0.6 is 0 Å². The third-order valence-electron chi connectivity index (χ3n) is 9.57. The van der Waals surface area contributed by atoms with E-state index in [0.717, 1.165) is 42.3 Å². The standard InChI is InChI=1S/C26H32FNO3/c1-24-10-11-25(27)14-18-12-19(29)4-2-16(18)8-9-26(25,30)23(24)7-5-20(24)17-3-6-21-22(13-17)31-15-28-21/h3,5-6,13,15-16,18-19,23,29-30H,2,4,7-12,14H2,1H3/t16?,18?,19?,23?,24?,25?,26-/m0/s1. The van der Waals surface area contributed by atoms with E-state index in [1.807, 2.05) is 12.1 Å². The summed E-state index contributed by atoms with van der Waals surface area (Å²) in [6.45, 7) is 2.22. The monoisotopic (exact) mass is 425 g/mol. The smallest absolute Gasteiger partial charge is 0.181 e. The topological polar surface area (TPSA) is 66.5 Å². The summed E-state index contributed by atoms with van der Waals surface area (Å²) < 4.78 is 22.2. The van der Waals surface area contributed by atoms with E-state index in [-0.39, 0.29) is 23.4 Å². The molecule has 0 bridgehead atoms. The van der Waals surface area contributed by atoms with E-state index in [1.165, 1.54) is 12.0 Å². The number of aromatic nitrogens is 1. The average molecular weight is 426 g/mol. The van der Waals surface area contributed by atoms with Gasteiger partial charge in [0.1, 0.15) is 16.8 Å². The molecule has 4 nitrogen and oxygen atoms in total. The minimum Gasteiger partial charge on any atom is -0.443 e. The molecule has 6 unspecified atom stereocenters. The largest absolute Gasteiger partial charge is 0.443 e. The Morgan fingerprint density at radius 1 is 1.13 bits per heavy atom. The molecule has 1 heterocycles. The summed E-state index contributed by atoms with van der Waals surface area (Å²) in [4.78, 5) is 4.22. The van der Waals surface area contributed by atoms with E-state index in [9.17, 15) is 10.2 Å². The molecule has 5 heteroatoms. The fraction of sp³-hybridized carbons (Fsp3) is 0.654. The lowest BCUT2D eigenvalue weighted by Gasteiger charge is -2.56. The van der Waals surface area contributed by atoms with Crippen molar-refractivity contribution in [2.24, 2.45) is 23.2 Å². The molecular weight excluding hydrogens is 393 g/mol. The van der Waals surface area contributed by atoms with Gasteiger partial charge < -0.3 is 14.6 Å². The summed E-state index contributed by atoms with van der Waals surface area (Å²) in [5.74, 6) is 0.499. The van der Waals surface area contributed by atoms with Gasteiger partial charge in [0.05, 0.1) is 6.10 Å². The molecule has 0 radical (unpaired) electrons. The molecule has 0 spiro atoms. The van der Waals surface area contributed by atoms with Crippen LogP contribution in [0.3, 0.4) is 0 Å². The summed E-state index contributed by atoms with van der Waals surface area (Å²) in [6, 6.07) is 6.09. The van der Waals surface area contributed by atoms with E-state index in [4.69, 9.17) is 4.42 Å². The molecule has 6 rings (SSSR count). The van der Waals surface area contributed by atoms with Crippen LogP contribution < -0.4 is 0 Å². The number of halogens is 1. The zero-order valence-corrected chi connectivity index (χ0v) is 18.2. The van der Waals surface area contributed by atoms with Crippen LogP contribution in [0, 0.1) is 23.2 Å². The van der Waals surface area contributed by atoms with Crippen LogP contribution in [0.2, 0.25) is 0 Å². The van der Waals surface area contributed by atoms with Crippen LogP contribution in [0.25, 0.3) is 16.7 Å². The van der Waals surface area contributed by atoms with Crippen LogP contribution in [0.15, 0.2) is 35.1 Å². The van der Waals surface area contributed by atoms with Crippen LogP contribution in [-0.4, -0.2) is 32.6 Å². The summed E-state index contributed by atoms with van der Waals surface area (Å²) in [6.07, 6.45) is 9.47. The zero-order chi connectivity index (χ0) is 21.4. The van der Waals surface area contributed by atoms with Crippen LogP contribution in [0.5, 0.6) is 0 Å². The van der Waals surface area contributed by atoms with E-state index < -0.39 is 11.3 Å². The maximum absolute atomic E-state index is 16.7. The molecule has 1 aromatic heterocycles. The first kappa shape index (κ1) is 19.9. The SMILES string of the molecule is CC12CCC3(F)CC4CC(O)CCC4CC[C@]3(O)C1CC=C2c1ccc2ncoc2c1. The number of nitrogens with zero attached hydrogens (tertiary/aromatic N) is 1. The number of aliphatic hydroxyl groups excluding tert-OH is 1. The first-order chi connectivity index (χ1) is 14.8. The molecule has 0 aliphatic heterocycles. The lowest BCUT2D eigenvalue weighted by Crippen LogP contribution is -2.62. The van der Waals surface area contributed by atoms with E-state index in [0.29, 0.717) is 38.0 Å². The first-order valence-corrected chi connectivity index (χ1v) is 12.0. The fourth-order valence-electron chi connectivity index (χ4n) is 7.83. The highest BCUT2D eigenvalue weighted by molar-refractivity contribution is 5.81. The maximum Gasteiger partial charge on any atom is 0.181 e. The number of fused-ring (bicyclic) bond motifs is 5. The number of hydrogen-bond acceptors (Lipinski definition) is 4. The third-order valence-corrected chi connectivity index (χ3v) is 9.57. The minimum absolute atomic E-state index is 0.121. The number of alkyl halides is 1. The second-order valence-electron chi connectivity index (χ2n) is 11.0. The lowest BCUT2D eigenvalue weighted by atomic mass is 9.53. The van der Waals surface area contributed by atoms with E-state index in [1.54, 1.807) is 0 Å². The van der Waals surface area contributed by atoms with Gasteiger partial charge in [0, 0.05) is 5.92 Å². The summed E-state index contributed by atoms with van der Waals surface area (Å²) in [5, 5.41) is 22.3. The first-order valence-electron chi connectivity index (χ1n) is 12.0. The van der Waals surface area contributed by atoms with Crippen molar-refractivity contribution >= 4 is 16.7 Å². The molecule has 0 amide bonds. The number of benzene rings is 1. The molecule has 2 aromatic rings. The number of hydrogen-bond donors (Lipinski definition) is 2. The molecule has 1 aromatic carbocycles. The molecule has 31 heavy (non-hydrogen) atoms. The maximum atomic E-state index is 16.7. The van der Waals surface area contributed by atoms with Gasteiger partial charge in [0.15, 0.2) is 12.0 Å². The quantitative estimate of drug-likeness (QED) is 0.639. The molecule has 4 aliphatic rings. The van der Waals surface area contributed by atoms with Crippen LogP contribution in [0.1, 0.15) is 70.3 Å². The van der Waals surface area contributed by atoms with Crippen molar-refractivity contribution in [3.05, 3.63) is 36.2 Å². The highest BCUT2D eigenvalue weighted by Crippen LogP contribution is 2.66. The Labute approximate surface area is 182 Å². The Morgan fingerprint density at radius 3 is 2.87 bits per heavy atom. The highest BCUT2D eigenvalue weighted by Gasteiger charge is 2.66. The Morgan fingerprint density at radius 2 is 2.00 bits per heavy atom. The molecule has 3 saturated carbocycles. The fourth-order valence-corrected chi connectivity index (χ4v) is 7.83. The minimum atomic E-state index is -1.56. The molecule has 166 valence electrons. The number of rotatable bonds is 1. The van der Waals surface area contributed by atoms with Gasteiger partial charge in [0.2, 0.25) is 0 Å². The van der Waals surface area contributed by atoms with Crippen molar-refractivity contribution in [1.29, 1.82) is 0 Å². The highest BCUT2D eigenvalue weighted by atomic mass is 19.1. The molecule has 3 fully saturated rings. The average Bonchev–Trinajstić information content (AvgIpc) is 3.32. The number of aliphatic hydroxyl groups is 2. The number of allylic oxidation sites excluding steroid dienone is 2. The van der Waals surface area contributed by atoms with Crippen molar-refractivity contribution in [3.63, 3.8) is 0 Å². The Bertz CT molecular complexity index is 1050. The van der Waals surface area contributed by atoms with Crippen molar-refractivity contribution in [3.8, 4) is 0 Å². The van der Waals surface area contributed by atoms with E-state index >= 15 is 4.39 Å². The molecule has 2 N–H and O–H groups in total. The van der Waals surface area contributed by atoms with Crippen LogP contribution in [0.4, 0.5) is 4.39 Å². The normalized spacial score (nSPS) is 44.8. The van der Waals surface area contributed by atoms with Crippen molar-refractivity contribution in [1.82, 2.24) is 4.98 Å². The van der Waals surface area contributed by atoms with Gasteiger partial charge in [-0.25, -0.2) is 9.37 Å². The van der Waals surface area contributed by atoms with Gasteiger partial charge in [-0.2, -0.15) is 0 Å². The molecule has 0 saturated heterocycles. The van der Waals surface area contributed by atoms with Crippen LogP contribution in [-0.2, 0) is 0 Å². The van der Waals surface area contributed by atoms with E-state index in [2.05, 4.69) is 24.1 Å². The molecule has 7 atom stereocenters. The van der Waals surface area contributed by atoms with Gasteiger partial charge in [-0.15, -0.1) is 0 Å². The second kappa shape index (κ2) is 6.64. The molecule has 4 aliphatic carbocycles. The summed E-state index contributed by atoms with van der Waals surface area (Å²) >= 11 is 0. The van der Waals surface area contributed by atoms with Gasteiger partial charge in [-0.05, 0) is 98.3 Å². The van der Waals surface area contributed by atoms with Gasteiger partial charge in [0.25, 0.3) is 0 Å². The summed E-state index contributed by atoms with van der Waals surface area (Å²) in [5.41, 5.74) is 0.771. The molecular formula is C26H32FNO3. The van der Waals surface area contributed by atoms with Gasteiger partial charge >= 0.3 is 0 Å². The van der Waals surface area contributed by atoms with Crippen molar-refractivity contribution < 1.29 is 19.0 Å². The Kier molecular flexibility index (Phi) is 4.27. The Hall–Kier alpha value is -1.72. The van der Waals surface area contributed by atoms with Crippen molar-refractivity contribution in [2.75, 3.05) is 0 Å². The Balaban J connectivity index is 1.35. The van der Waals surface area contributed by atoms with Gasteiger partial charge in [-0.1, -0.05) is 19.1 Å². The van der Waals surface area contributed by atoms with Crippen molar-refractivity contribution in [2.45, 2.75) is 82.1 Å². The lowest BCUT2D eigenvalue weighted by molar-refractivity contribution is -0.195. The predicted octanol–water partition coefficient (Wildman–Crippen LogP) is 5.43.